The Labute approximate surface area is 116 Å². The first-order chi connectivity index (χ1) is 9.35. The van der Waals surface area contributed by atoms with E-state index in [1.54, 1.807) is 7.11 Å². The molecule has 0 saturated carbocycles. The summed E-state index contributed by atoms with van der Waals surface area (Å²) < 4.78 is 5.29. The molecule has 3 heteroatoms. The highest BCUT2D eigenvalue weighted by Gasteiger charge is 2.22. The lowest BCUT2D eigenvalue weighted by Gasteiger charge is -2.36. The quantitative estimate of drug-likeness (QED) is 0.856. The average molecular weight is 262 g/mol. The van der Waals surface area contributed by atoms with Gasteiger partial charge in [-0.05, 0) is 43.5 Å². The van der Waals surface area contributed by atoms with E-state index < -0.39 is 0 Å². The maximum atomic E-state index is 5.75. The van der Waals surface area contributed by atoms with Crippen LogP contribution in [-0.2, 0) is 17.9 Å². The van der Waals surface area contributed by atoms with Gasteiger partial charge in [-0.25, -0.2) is 0 Å². The van der Waals surface area contributed by atoms with Gasteiger partial charge in [0.25, 0.3) is 0 Å². The van der Waals surface area contributed by atoms with Crippen LogP contribution in [0.1, 0.15) is 36.8 Å². The van der Waals surface area contributed by atoms with Gasteiger partial charge in [0, 0.05) is 19.7 Å². The van der Waals surface area contributed by atoms with Gasteiger partial charge in [-0.3, -0.25) is 4.90 Å². The summed E-state index contributed by atoms with van der Waals surface area (Å²) in [6.07, 6.45) is 5.07. The van der Waals surface area contributed by atoms with Crippen LogP contribution in [0, 0.1) is 0 Å². The van der Waals surface area contributed by atoms with E-state index in [1.165, 1.54) is 36.9 Å². The molecule has 2 rings (SSSR count). The predicted molar refractivity (Wildman–Crippen MR) is 78.9 cm³/mol. The first-order valence-corrected chi connectivity index (χ1v) is 7.35. The molecule has 2 N–H and O–H groups in total. The van der Waals surface area contributed by atoms with Crippen molar-refractivity contribution in [2.24, 2.45) is 5.73 Å². The summed E-state index contributed by atoms with van der Waals surface area (Å²) in [4.78, 5) is 2.60. The van der Waals surface area contributed by atoms with E-state index in [1.807, 2.05) is 0 Å². The summed E-state index contributed by atoms with van der Waals surface area (Å²) in [7, 11) is 1.76. The van der Waals surface area contributed by atoms with Crippen molar-refractivity contribution in [3.05, 3.63) is 35.4 Å². The number of nitrogens with zero attached hydrogens (tertiary/aromatic N) is 1. The molecule has 1 aromatic carbocycles. The normalized spacial score (nSPS) is 20.6. The van der Waals surface area contributed by atoms with Crippen LogP contribution in [0.25, 0.3) is 0 Å². The maximum absolute atomic E-state index is 5.75. The van der Waals surface area contributed by atoms with Crippen molar-refractivity contribution in [3.63, 3.8) is 0 Å². The highest BCUT2D eigenvalue weighted by Crippen LogP contribution is 2.23. The minimum Gasteiger partial charge on any atom is -0.380 e. The van der Waals surface area contributed by atoms with Gasteiger partial charge in [-0.15, -0.1) is 0 Å². The van der Waals surface area contributed by atoms with E-state index >= 15 is 0 Å². The van der Waals surface area contributed by atoms with Crippen LogP contribution in [0.2, 0.25) is 0 Å². The number of methoxy groups -OCH3 is 1. The van der Waals surface area contributed by atoms with E-state index in [4.69, 9.17) is 10.5 Å². The zero-order valence-corrected chi connectivity index (χ0v) is 12.0. The Balaban J connectivity index is 2.05. The third-order valence-corrected chi connectivity index (χ3v) is 4.04. The van der Waals surface area contributed by atoms with Gasteiger partial charge in [-0.2, -0.15) is 0 Å². The van der Waals surface area contributed by atoms with Crippen molar-refractivity contribution >= 4 is 0 Å². The molecule has 0 radical (unpaired) electrons. The van der Waals surface area contributed by atoms with Gasteiger partial charge in [0.1, 0.15) is 0 Å². The second-order valence-corrected chi connectivity index (χ2v) is 5.40. The Hall–Kier alpha value is -0.900. The van der Waals surface area contributed by atoms with Gasteiger partial charge >= 0.3 is 0 Å². The standard InChI is InChI=1S/C16H26N2O/c1-19-13-15-7-3-2-6-14(15)12-18-11-5-4-8-16(18)9-10-17/h2-3,6-7,16H,4-5,8-13,17H2,1H3. The number of hydrogen-bond acceptors (Lipinski definition) is 3. The number of nitrogens with two attached hydrogens (primary N) is 1. The second kappa shape index (κ2) is 7.63. The van der Waals surface area contributed by atoms with Crippen LogP contribution in [0.3, 0.4) is 0 Å². The first-order valence-electron chi connectivity index (χ1n) is 7.35. The van der Waals surface area contributed by atoms with Crippen molar-refractivity contribution in [2.75, 3.05) is 20.2 Å². The van der Waals surface area contributed by atoms with E-state index in [9.17, 15) is 0 Å². The summed E-state index contributed by atoms with van der Waals surface area (Å²) >= 11 is 0. The lowest BCUT2D eigenvalue weighted by molar-refractivity contribution is 0.131. The van der Waals surface area contributed by atoms with Gasteiger partial charge in [0.05, 0.1) is 6.61 Å². The van der Waals surface area contributed by atoms with Crippen LogP contribution in [0.15, 0.2) is 24.3 Å². The lowest BCUT2D eigenvalue weighted by atomic mass is 9.97. The molecule has 0 bridgehead atoms. The molecule has 1 aromatic rings. The Morgan fingerprint density at radius 2 is 2.05 bits per heavy atom. The van der Waals surface area contributed by atoms with Crippen molar-refractivity contribution in [1.82, 2.24) is 4.90 Å². The number of likely N-dealkylation sites (tertiary alicyclic amines) is 1. The monoisotopic (exact) mass is 262 g/mol. The molecule has 1 heterocycles. The van der Waals surface area contributed by atoms with E-state index in [0.717, 1.165) is 19.5 Å². The van der Waals surface area contributed by atoms with E-state index in [2.05, 4.69) is 29.2 Å². The Kier molecular flexibility index (Phi) is 5.83. The molecule has 3 nitrogen and oxygen atoms in total. The largest absolute Gasteiger partial charge is 0.380 e. The van der Waals surface area contributed by atoms with Gasteiger partial charge in [0.15, 0.2) is 0 Å². The minimum absolute atomic E-state index is 0.661. The van der Waals surface area contributed by atoms with Crippen LogP contribution < -0.4 is 5.73 Å². The molecule has 0 aromatic heterocycles. The number of hydrogen-bond donors (Lipinski definition) is 1. The predicted octanol–water partition coefficient (Wildman–Crippen LogP) is 2.54. The summed E-state index contributed by atoms with van der Waals surface area (Å²) in [5, 5.41) is 0. The summed E-state index contributed by atoms with van der Waals surface area (Å²) in [6, 6.07) is 9.26. The molecule has 19 heavy (non-hydrogen) atoms. The van der Waals surface area contributed by atoms with Crippen molar-refractivity contribution in [1.29, 1.82) is 0 Å². The topological polar surface area (TPSA) is 38.5 Å². The third kappa shape index (κ3) is 4.03. The van der Waals surface area contributed by atoms with Crippen LogP contribution in [0.4, 0.5) is 0 Å². The van der Waals surface area contributed by atoms with E-state index in [0.29, 0.717) is 12.6 Å². The fourth-order valence-electron chi connectivity index (χ4n) is 3.01. The Morgan fingerprint density at radius 3 is 2.79 bits per heavy atom. The first kappa shape index (κ1) is 14.5. The molecular weight excluding hydrogens is 236 g/mol. The van der Waals surface area contributed by atoms with Crippen LogP contribution in [-0.4, -0.2) is 31.1 Å². The Morgan fingerprint density at radius 1 is 1.26 bits per heavy atom. The average Bonchev–Trinajstić information content (AvgIpc) is 2.44. The molecule has 1 saturated heterocycles. The number of rotatable bonds is 6. The third-order valence-electron chi connectivity index (χ3n) is 4.04. The van der Waals surface area contributed by atoms with Crippen molar-refractivity contribution in [3.8, 4) is 0 Å². The smallest absolute Gasteiger partial charge is 0.0716 e. The number of ether oxygens (including phenoxy) is 1. The highest BCUT2D eigenvalue weighted by molar-refractivity contribution is 5.26. The molecular formula is C16H26N2O. The molecule has 0 spiro atoms. The van der Waals surface area contributed by atoms with Gasteiger partial charge in [-0.1, -0.05) is 30.7 Å². The summed E-state index contributed by atoms with van der Waals surface area (Å²) in [6.45, 7) is 3.72. The molecule has 1 atom stereocenters. The van der Waals surface area contributed by atoms with Gasteiger partial charge < -0.3 is 10.5 Å². The van der Waals surface area contributed by atoms with Crippen LogP contribution in [0.5, 0.6) is 0 Å². The van der Waals surface area contributed by atoms with Crippen molar-refractivity contribution in [2.45, 2.75) is 44.9 Å². The number of benzene rings is 1. The zero-order valence-electron chi connectivity index (χ0n) is 12.0. The maximum Gasteiger partial charge on any atom is 0.0716 e. The van der Waals surface area contributed by atoms with Crippen molar-refractivity contribution < 1.29 is 4.74 Å². The zero-order chi connectivity index (χ0) is 13.5. The summed E-state index contributed by atoms with van der Waals surface area (Å²) in [5.74, 6) is 0. The molecule has 1 fully saturated rings. The molecule has 0 amide bonds. The molecule has 0 aliphatic carbocycles. The number of piperidine rings is 1. The molecule has 1 aliphatic rings. The second-order valence-electron chi connectivity index (χ2n) is 5.40. The highest BCUT2D eigenvalue weighted by atomic mass is 16.5. The lowest BCUT2D eigenvalue weighted by Crippen LogP contribution is -2.40. The van der Waals surface area contributed by atoms with Crippen LogP contribution >= 0.6 is 0 Å². The SMILES string of the molecule is COCc1ccccc1CN1CCCCC1CCN. The molecule has 1 aliphatic heterocycles. The fourth-order valence-corrected chi connectivity index (χ4v) is 3.01. The van der Waals surface area contributed by atoms with E-state index in [-0.39, 0.29) is 0 Å². The van der Waals surface area contributed by atoms with Gasteiger partial charge in [0.2, 0.25) is 0 Å². The summed E-state index contributed by atoms with van der Waals surface area (Å²) in [5.41, 5.74) is 8.45. The molecule has 106 valence electrons. The molecule has 1 unspecified atom stereocenters. The Bertz CT molecular complexity index is 379. The minimum atomic E-state index is 0.661. The fraction of sp³-hybridized carbons (Fsp3) is 0.625.